The Bertz CT molecular complexity index is 1530. The van der Waals surface area contributed by atoms with Gasteiger partial charge in [0.05, 0.1) is 16.9 Å². The molecule has 1 aliphatic carbocycles. The highest BCUT2D eigenvalue weighted by Crippen LogP contribution is 2.57. The summed E-state index contributed by atoms with van der Waals surface area (Å²) in [5.41, 5.74) is -7.57. The van der Waals surface area contributed by atoms with Crippen LogP contribution in [0.2, 0.25) is 0 Å². The van der Waals surface area contributed by atoms with E-state index in [1.54, 1.807) is 22.6 Å². The largest absolute Gasteiger partial charge is 0.435 e. The lowest BCUT2D eigenvalue weighted by molar-refractivity contribution is -0.348. The minimum absolute atomic E-state index is 0.0406. The summed E-state index contributed by atoms with van der Waals surface area (Å²) in [5, 5.41) is 0. The van der Waals surface area contributed by atoms with Crippen LogP contribution in [0.25, 0.3) is 0 Å². The van der Waals surface area contributed by atoms with Crippen LogP contribution in [0.15, 0.2) is 47.4 Å². The number of fused-ring (bicyclic) bond motifs is 3. The van der Waals surface area contributed by atoms with Gasteiger partial charge in [-0.25, -0.2) is 12.8 Å². The number of carbonyl (C=O) groups is 2. The first-order chi connectivity index (χ1) is 19.4. The lowest BCUT2D eigenvalue weighted by Gasteiger charge is -2.45. The Labute approximate surface area is 263 Å². The molecule has 0 N–H and O–H groups in total. The number of rotatable bonds is 4. The van der Waals surface area contributed by atoms with Crippen LogP contribution in [0.4, 0.5) is 35.5 Å². The smallest absolute Gasteiger partial charge is 0.337 e. The van der Waals surface area contributed by atoms with Gasteiger partial charge in [-0.15, -0.1) is 0 Å². The molecule has 2 aromatic carbocycles. The maximum atomic E-state index is 14.9. The molecule has 2 saturated heterocycles. The molecule has 0 spiro atoms. The summed E-state index contributed by atoms with van der Waals surface area (Å²) in [4.78, 5) is 27.8. The predicted molar refractivity (Wildman–Crippen MR) is 152 cm³/mol. The van der Waals surface area contributed by atoms with Gasteiger partial charge in [-0.2, -0.15) is 26.3 Å². The van der Waals surface area contributed by atoms with Gasteiger partial charge in [0.2, 0.25) is 5.91 Å². The number of aryl methyl sites for hydroxylation is 1. The Morgan fingerprint density at radius 3 is 2.07 bits per heavy atom. The minimum atomic E-state index is -6.33. The second kappa shape index (κ2) is 10.4. The molecule has 2 aliphatic heterocycles. The van der Waals surface area contributed by atoms with E-state index < -0.39 is 50.1 Å². The van der Waals surface area contributed by atoms with Crippen LogP contribution in [-0.4, -0.2) is 66.1 Å². The van der Waals surface area contributed by atoms with Crippen LogP contribution in [-0.2, 0) is 31.5 Å². The van der Waals surface area contributed by atoms with Crippen LogP contribution in [0.1, 0.15) is 29.5 Å². The van der Waals surface area contributed by atoms with Gasteiger partial charge < -0.3 is 9.80 Å². The average Bonchev–Trinajstić information content (AvgIpc) is 3.27. The van der Waals surface area contributed by atoms with Crippen molar-refractivity contribution in [3.8, 4) is 0 Å². The van der Waals surface area contributed by atoms with Gasteiger partial charge in [0.1, 0.15) is 4.75 Å². The summed E-state index contributed by atoms with van der Waals surface area (Å²) in [5.74, 6) is -0.958. The van der Waals surface area contributed by atoms with Gasteiger partial charge in [0.15, 0.2) is 9.84 Å². The fourth-order valence-corrected chi connectivity index (χ4v) is 9.45. The van der Waals surface area contributed by atoms with E-state index >= 15 is 0 Å². The molecule has 6 nitrogen and oxygen atoms in total. The third-order valence-corrected chi connectivity index (χ3v) is 12.4. The van der Waals surface area contributed by atoms with Crippen molar-refractivity contribution in [1.29, 1.82) is 0 Å². The number of carbonyl (C=O) groups excluding carboxylic acids is 2. The first kappa shape index (κ1) is 31.7. The summed E-state index contributed by atoms with van der Waals surface area (Å²) in [7, 11) is -4.40. The second-order valence-electron chi connectivity index (χ2n) is 10.6. The van der Waals surface area contributed by atoms with Crippen molar-refractivity contribution in [2.45, 2.75) is 53.0 Å². The fraction of sp³-hybridized carbons (Fsp3) is 0.462. The van der Waals surface area contributed by atoms with Crippen molar-refractivity contribution in [2.24, 2.45) is 5.92 Å². The van der Waals surface area contributed by atoms with Crippen LogP contribution < -0.4 is 0 Å². The fourth-order valence-electron chi connectivity index (χ4n) is 6.33. The topological polar surface area (TPSA) is 74.8 Å². The summed E-state index contributed by atoms with van der Waals surface area (Å²) in [6.45, 7) is 0.253. The average molecular weight is 844 g/mol. The van der Waals surface area contributed by atoms with Crippen LogP contribution in [0.5, 0.6) is 0 Å². The van der Waals surface area contributed by atoms with Crippen molar-refractivity contribution in [2.75, 3.05) is 19.6 Å². The molecule has 0 aromatic heterocycles. The van der Waals surface area contributed by atoms with Gasteiger partial charge in [-0.1, -0.05) is 18.2 Å². The molecule has 0 radical (unpaired) electrons. The Hall–Kier alpha value is -1.70. The molecule has 2 fully saturated rings. The zero-order valence-electron chi connectivity index (χ0n) is 21.3. The molecule has 228 valence electrons. The monoisotopic (exact) mass is 844 g/mol. The molecule has 0 saturated carbocycles. The molecule has 42 heavy (non-hydrogen) atoms. The van der Waals surface area contributed by atoms with E-state index in [4.69, 9.17) is 0 Å². The maximum absolute atomic E-state index is 14.9. The van der Waals surface area contributed by atoms with Crippen LogP contribution in [0.3, 0.4) is 0 Å². The lowest BCUT2D eigenvalue weighted by atomic mass is 9.76. The normalized spacial score (nSPS) is 23.3. The third kappa shape index (κ3) is 4.63. The standard InChI is InChI=1S/C26H21F7I2N2O4S/c27-24(25(28,29)30,26(31,32)33)16-2-7-19-14(11-16)1-8-20-23(19,42(40,41)18-5-3-17(34)4-6-18)9-10-37(20)21(38)15-12-36(13-15)22(35)39/h2-7,11,15,20H,1,8-10,12-13H2/t20-,23-/m1/s1. The number of sulfone groups is 1. The first-order valence-electron chi connectivity index (χ1n) is 12.6. The van der Waals surface area contributed by atoms with Gasteiger partial charge in [-0.05, 0) is 77.2 Å². The van der Waals surface area contributed by atoms with E-state index in [0.717, 1.165) is 9.64 Å². The van der Waals surface area contributed by atoms with E-state index in [1.165, 1.54) is 34.1 Å². The molecule has 0 bridgehead atoms. The number of likely N-dealkylation sites (tertiary alicyclic amines) is 2. The number of amides is 2. The SMILES string of the molecule is O=C(I)N1CC(C(=O)N2CC[C@@]3(S(=O)(=O)c4ccc(I)cc4)c4ccc(C(F)(C(F)(F)F)C(F)(F)F)cc4CC[C@@H]23)C1. The van der Waals surface area contributed by atoms with E-state index in [2.05, 4.69) is 0 Å². The molecule has 0 unspecified atom stereocenters. The summed E-state index contributed by atoms with van der Waals surface area (Å²) in [6.07, 6.45) is -13.1. The molecule has 3 aliphatic rings. The van der Waals surface area contributed by atoms with Gasteiger partial charge in [-0.3, -0.25) is 9.59 Å². The van der Waals surface area contributed by atoms with E-state index in [1.807, 2.05) is 22.6 Å². The highest BCUT2D eigenvalue weighted by molar-refractivity contribution is 14.1. The molecule has 2 amide bonds. The molecule has 16 heteroatoms. The maximum Gasteiger partial charge on any atom is 0.435 e. The molecule has 2 aromatic rings. The van der Waals surface area contributed by atoms with Crippen molar-refractivity contribution in [1.82, 2.24) is 9.80 Å². The molecular formula is C26H21F7I2N2O4S. The van der Waals surface area contributed by atoms with E-state index in [0.29, 0.717) is 12.1 Å². The summed E-state index contributed by atoms with van der Waals surface area (Å²) >= 11 is 3.56. The number of nitrogens with zero attached hydrogens (tertiary/aromatic N) is 2. The Kier molecular flexibility index (Phi) is 7.89. The van der Waals surface area contributed by atoms with Crippen molar-refractivity contribution in [3.05, 3.63) is 62.7 Å². The van der Waals surface area contributed by atoms with E-state index in [-0.39, 0.29) is 64.7 Å². The zero-order chi connectivity index (χ0) is 31.0. The lowest BCUT2D eigenvalue weighted by Crippen LogP contribution is -2.58. The molecular weight excluding hydrogens is 823 g/mol. The van der Waals surface area contributed by atoms with E-state index in [9.17, 15) is 48.7 Å². The Morgan fingerprint density at radius 2 is 1.52 bits per heavy atom. The number of halogens is 9. The van der Waals surface area contributed by atoms with Crippen LogP contribution in [0, 0.1) is 9.49 Å². The number of alkyl halides is 7. The van der Waals surface area contributed by atoms with Gasteiger partial charge in [0, 0.05) is 51.4 Å². The van der Waals surface area contributed by atoms with Crippen LogP contribution >= 0.6 is 45.2 Å². The third-order valence-electron chi connectivity index (χ3n) is 8.43. The predicted octanol–water partition coefficient (Wildman–Crippen LogP) is 6.28. The molecule has 5 rings (SSSR count). The van der Waals surface area contributed by atoms with Crippen molar-refractivity contribution in [3.63, 3.8) is 0 Å². The highest BCUT2D eigenvalue weighted by Gasteiger charge is 2.74. The highest BCUT2D eigenvalue weighted by atomic mass is 127. The molecule has 2 heterocycles. The quantitative estimate of drug-likeness (QED) is 0.157. The zero-order valence-corrected chi connectivity index (χ0v) is 26.4. The van der Waals surface area contributed by atoms with Gasteiger partial charge in [0.25, 0.3) is 3.91 Å². The van der Waals surface area contributed by atoms with Gasteiger partial charge >= 0.3 is 18.0 Å². The second-order valence-corrected chi connectivity index (χ2v) is 14.9. The van der Waals surface area contributed by atoms with Crippen molar-refractivity contribution < 1.29 is 48.7 Å². The Balaban J connectivity index is 1.64. The summed E-state index contributed by atoms with van der Waals surface area (Å²) in [6, 6.07) is 6.43. The number of benzene rings is 2. The Morgan fingerprint density at radius 1 is 0.929 bits per heavy atom. The summed E-state index contributed by atoms with van der Waals surface area (Å²) < 4.78 is 123. The van der Waals surface area contributed by atoms with Crippen molar-refractivity contribution >= 4 is 64.8 Å². The number of hydrogen-bond donors (Lipinski definition) is 0. The minimum Gasteiger partial charge on any atom is -0.337 e. The molecule has 2 atom stereocenters. The first-order valence-corrected chi connectivity index (χ1v) is 16.2. The number of hydrogen-bond acceptors (Lipinski definition) is 4.